The Bertz CT molecular complexity index is 1270. The van der Waals surface area contributed by atoms with Gasteiger partial charge in [-0.25, -0.2) is 4.39 Å². The Balaban J connectivity index is 1.99. The van der Waals surface area contributed by atoms with E-state index in [1.54, 1.807) is 36.4 Å². The Hall–Kier alpha value is -3.84. The van der Waals surface area contributed by atoms with Crippen LogP contribution in [-0.4, -0.2) is 31.0 Å². The molecule has 6 nitrogen and oxygen atoms in total. The van der Waals surface area contributed by atoms with Crippen molar-refractivity contribution in [3.63, 3.8) is 0 Å². The fourth-order valence-electron chi connectivity index (χ4n) is 3.84. The molecule has 8 heteroatoms. The topological polar surface area (TPSA) is 76.1 Å². The van der Waals surface area contributed by atoms with Gasteiger partial charge in [0.1, 0.15) is 23.1 Å². The molecule has 0 aliphatic carbocycles. The summed E-state index contributed by atoms with van der Waals surface area (Å²) in [4.78, 5) is 27.5. The van der Waals surface area contributed by atoms with E-state index in [1.165, 1.54) is 44.6 Å². The number of anilines is 1. The van der Waals surface area contributed by atoms with Gasteiger partial charge in [0, 0.05) is 16.3 Å². The lowest BCUT2D eigenvalue weighted by Crippen LogP contribution is -2.29. The quantitative estimate of drug-likeness (QED) is 0.320. The number of aliphatic hydroxyl groups is 1. The van der Waals surface area contributed by atoms with Gasteiger partial charge in [-0.1, -0.05) is 29.8 Å². The van der Waals surface area contributed by atoms with Crippen molar-refractivity contribution in [1.82, 2.24) is 0 Å². The summed E-state index contributed by atoms with van der Waals surface area (Å²) >= 11 is 6.10. The molecule has 0 bridgehead atoms. The zero-order chi connectivity index (χ0) is 23.7. The van der Waals surface area contributed by atoms with Crippen molar-refractivity contribution in [2.45, 2.75) is 6.04 Å². The molecule has 1 aliphatic heterocycles. The number of ketones is 1. The third kappa shape index (κ3) is 3.91. The summed E-state index contributed by atoms with van der Waals surface area (Å²) in [5, 5.41) is 11.5. The highest BCUT2D eigenvalue weighted by atomic mass is 35.5. The third-order valence-corrected chi connectivity index (χ3v) is 5.65. The number of aliphatic hydroxyl groups excluding tert-OH is 1. The van der Waals surface area contributed by atoms with E-state index in [2.05, 4.69) is 0 Å². The highest BCUT2D eigenvalue weighted by molar-refractivity contribution is 6.51. The summed E-state index contributed by atoms with van der Waals surface area (Å²) < 4.78 is 25.4. The minimum atomic E-state index is -1.22. The van der Waals surface area contributed by atoms with Crippen molar-refractivity contribution in [3.05, 3.63) is 94.3 Å². The van der Waals surface area contributed by atoms with Gasteiger partial charge in [0.25, 0.3) is 11.7 Å². The zero-order valence-electron chi connectivity index (χ0n) is 17.7. The highest BCUT2D eigenvalue weighted by Gasteiger charge is 2.48. The molecule has 1 unspecified atom stereocenters. The number of carbonyl (C=O) groups excluding carboxylic acids is 2. The summed E-state index contributed by atoms with van der Waals surface area (Å²) in [7, 11) is 2.89. The standard InChI is InChI=1S/C25H19ClFNO5/c1-32-16-10-8-15(9-11-16)28-22(17-5-3-4-6-19(17)27)21(24(30)25(28)31)23(29)18-13-14(26)7-12-20(18)33-2/h3-13,22,29H,1-2H3/b23-21+. The number of rotatable bonds is 5. The number of hydrogen-bond acceptors (Lipinski definition) is 5. The fourth-order valence-corrected chi connectivity index (χ4v) is 4.02. The molecule has 0 saturated carbocycles. The molecule has 168 valence electrons. The smallest absolute Gasteiger partial charge is 0.300 e. The van der Waals surface area contributed by atoms with E-state index < -0.39 is 29.3 Å². The largest absolute Gasteiger partial charge is 0.507 e. The number of benzene rings is 3. The average molecular weight is 468 g/mol. The van der Waals surface area contributed by atoms with Crippen LogP contribution < -0.4 is 14.4 Å². The van der Waals surface area contributed by atoms with Gasteiger partial charge in [-0.3, -0.25) is 14.5 Å². The van der Waals surface area contributed by atoms with Gasteiger partial charge in [-0.2, -0.15) is 0 Å². The summed E-state index contributed by atoms with van der Waals surface area (Å²) in [5.41, 5.74) is 0.221. The summed E-state index contributed by atoms with van der Waals surface area (Å²) in [5.74, 6) is -2.24. The molecule has 1 atom stereocenters. The van der Waals surface area contributed by atoms with Gasteiger partial charge in [-0.15, -0.1) is 0 Å². The Morgan fingerprint density at radius 2 is 1.70 bits per heavy atom. The van der Waals surface area contributed by atoms with Crippen molar-refractivity contribution >= 4 is 34.7 Å². The van der Waals surface area contributed by atoms with Crippen LogP contribution in [0.15, 0.2) is 72.3 Å². The van der Waals surface area contributed by atoms with Crippen LogP contribution in [-0.2, 0) is 9.59 Å². The van der Waals surface area contributed by atoms with Gasteiger partial charge in [0.15, 0.2) is 0 Å². The number of hydrogen-bond donors (Lipinski definition) is 1. The summed E-state index contributed by atoms with van der Waals surface area (Å²) in [6.07, 6.45) is 0. The first-order chi connectivity index (χ1) is 15.9. The molecule has 1 N–H and O–H groups in total. The van der Waals surface area contributed by atoms with Crippen LogP contribution in [0, 0.1) is 5.82 Å². The Kier molecular flexibility index (Phi) is 6.07. The molecule has 0 radical (unpaired) electrons. The summed E-state index contributed by atoms with van der Waals surface area (Å²) in [6.45, 7) is 0. The predicted molar refractivity (Wildman–Crippen MR) is 122 cm³/mol. The number of nitrogens with zero attached hydrogens (tertiary/aromatic N) is 1. The van der Waals surface area contributed by atoms with E-state index >= 15 is 0 Å². The van der Waals surface area contributed by atoms with E-state index in [4.69, 9.17) is 21.1 Å². The lowest BCUT2D eigenvalue weighted by Gasteiger charge is -2.26. The first kappa shape index (κ1) is 22.4. The predicted octanol–water partition coefficient (Wildman–Crippen LogP) is 5.12. The van der Waals surface area contributed by atoms with Gasteiger partial charge in [0.05, 0.1) is 31.4 Å². The van der Waals surface area contributed by atoms with Crippen molar-refractivity contribution in [2.75, 3.05) is 19.1 Å². The molecule has 3 aromatic carbocycles. The van der Waals surface area contributed by atoms with Crippen molar-refractivity contribution in [1.29, 1.82) is 0 Å². The van der Waals surface area contributed by atoms with Crippen molar-refractivity contribution in [3.8, 4) is 11.5 Å². The molecule has 0 aromatic heterocycles. The monoisotopic (exact) mass is 467 g/mol. The number of carbonyl (C=O) groups is 2. The number of halogens is 2. The number of amides is 1. The van der Waals surface area contributed by atoms with Crippen LogP contribution in [0.1, 0.15) is 17.2 Å². The molecule has 1 amide bonds. The van der Waals surface area contributed by atoms with Crippen LogP contribution in [0.5, 0.6) is 11.5 Å². The highest BCUT2D eigenvalue weighted by Crippen LogP contribution is 2.44. The Morgan fingerprint density at radius 3 is 2.33 bits per heavy atom. The Morgan fingerprint density at radius 1 is 1.00 bits per heavy atom. The maximum Gasteiger partial charge on any atom is 0.300 e. The van der Waals surface area contributed by atoms with Crippen molar-refractivity contribution in [2.24, 2.45) is 0 Å². The molecular formula is C25H19ClFNO5. The molecule has 3 aromatic rings. The minimum Gasteiger partial charge on any atom is -0.507 e. The summed E-state index contributed by atoms with van der Waals surface area (Å²) in [6, 6.07) is 15.4. The van der Waals surface area contributed by atoms with Gasteiger partial charge < -0.3 is 14.6 Å². The number of Topliss-reactive ketones (excluding diaryl/α,β-unsaturated/α-hetero) is 1. The van der Waals surface area contributed by atoms with Crippen molar-refractivity contribution < 1.29 is 28.6 Å². The fraction of sp³-hybridized carbons (Fsp3) is 0.120. The molecule has 33 heavy (non-hydrogen) atoms. The lowest BCUT2D eigenvalue weighted by molar-refractivity contribution is -0.132. The van der Waals surface area contributed by atoms with Crippen LogP contribution >= 0.6 is 11.6 Å². The average Bonchev–Trinajstić information content (AvgIpc) is 3.09. The number of methoxy groups -OCH3 is 2. The van der Waals surface area contributed by atoms with E-state index in [0.29, 0.717) is 11.4 Å². The third-order valence-electron chi connectivity index (χ3n) is 5.41. The Labute approximate surface area is 194 Å². The lowest BCUT2D eigenvalue weighted by atomic mass is 9.94. The second kappa shape index (κ2) is 8.96. The maximum absolute atomic E-state index is 14.9. The SMILES string of the molecule is COc1ccc(N2C(=O)C(=O)/C(=C(/O)c3cc(Cl)ccc3OC)C2c2ccccc2F)cc1. The van der Waals surface area contributed by atoms with Crippen LogP contribution in [0.3, 0.4) is 0 Å². The second-order valence-electron chi connectivity index (χ2n) is 7.23. The van der Waals surface area contributed by atoms with E-state index in [1.807, 2.05) is 0 Å². The molecule has 4 rings (SSSR count). The van der Waals surface area contributed by atoms with E-state index in [-0.39, 0.29) is 27.5 Å². The van der Waals surface area contributed by atoms with Crippen LogP contribution in [0.25, 0.3) is 5.76 Å². The molecule has 1 saturated heterocycles. The maximum atomic E-state index is 14.9. The molecular weight excluding hydrogens is 449 g/mol. The second-order valence-corrected chi connectivity index (χ2v) is 7.67. The molecule has 1 aliphatic rings. The van der Waals surface area contributed by atoms with Gasteiger partial charge >= 0.3 is 0 Å². The van der Waals surface area contributed by atoms with Crippen LogP contribution in [0.4, 0.5) is 10.1 Å². The first-order valence-corrected chi connectivity index (χ1v) is 10.3. The number of ether oxygens (including phenoxy) is 2. The van der Waals surface area contributed by atoms with Gasteiger partial charge in [0.2, 0.25) is 0 Å². The van der Waals surface area contributed by atoms with E-state index in [0.717, 1.165) is 4.90 Å². The first-order valence-electron chi connectivity index (χ1n) is 9.90. The van der Waals surface area contributed by atoms with Gasteiger partial charge in [-0.05, 0) is 48.5 Å². The molecule has 1 heterocycles. The zero-order valence-corrected chi connectivity index (χ0v) is 18.5. The normalized spacial score (nSPS) is 17.3. The molecule has 1 fully saturated rings. The minimum absolute atomic E-state index is 0.0510. The van der Waals surface area contributed by atoms with E-state index in [9.17, 15) is 19.1 Å². The van der Waals surface area contributed by atoms with Crippen LogP contribution in [0.2, 0.25) is 5.02 Å². The molecule has 0 spiro atoms.